The molecule has 1 aromatic rings. The monoisotopic (exact) mass is 307 g/mol. The van der Waals surface area contributed by atoms with Gasteiger partial charge in [-0.1, -0.05) is 23.3 Å². The van der Waals surface area contributed by atoms with Crippen LogP contribution in [0.5, 0.6) is 11.5 Å². The average Bonchev–Trinajstić information content (AvgIpc) is 2.87. The number of ether oxygens (including phenoxy) is 2. The molecule has 1 aliphatic carbocycles. The summed E-state index contributed by atoms with van der Waals surface area (Å²) in [5, 5.41) is 4.13. The van der Waals surface area contributed by atoms with Crippen molar-refractivity contribution in [2.75, 3.05) is 19.8 Å². The third-order valence-corrected chi connectivity index (χ3v) is 4.23. The van der Waals surface area contributed by atoms with Gasteiger partial charge in [-0.3, -0.25) is 0 Å². The van der Waals surface area contributed by atoms with Gasteiger partial charge in [-0.05, 0) is 49.9 Å². The van der Waals surface area contributed by atoms with Crippen molar-refractivity contribution in [1.29, 1.82) is 0 Å². The first-order chi connectivity index (χ1) is 10.3. The number of benzene rings is 1. The molecule has 0 radical (unpaired) electrons. The highest BCUT2D eigenvalue weighted by molar-refractivity contribution is 6.32. The molecule has 0 aromatic heterocycles. The van der Waals surface area contributed by atoms with Gasteiger partial charge >= 0.3 is 0 Å². The summed E-state index contributed by atoms with van der Waals surface area (Å²) >= 11 is 6.29. The van der Waals surface area contributed by atoms with Crippen LogP contribution in [0.4, 0.5) is 0 Å². The van der Waals surface area contributed by atoms with Crippen molar-refractivity contribution in [1.82, 2.24) is 5.32 Å². The Morgan fingerprint density at radius 1 is 1.14 bits per heavy atom. The van der Waals surface area contributed by atoms with Gasteiger partial charge in [0.2, 0.25) is 0 Å². The van der Waals surface area contributed by atoms with E-state index >= 15 is 0 Å². The zero-order chi connectivity index (χ0) is 14.5. The quantitative estimate of drug-likeness (QED) is 0.656. The van der Waals surface area contributed by atoms with Crippen LogP contribution in [0.15, 0.2) is 23.8 Å². The Morgan fingerprint density at radius 2 is 2.05 bits per heavy atom. The third-order valence-electron chi connectivity index (χ3n) is 3.95. The van der Waals surface area contributed by atoms with E-state index in [9.17, 15) is 0 Å². The number of hydrogen-bond donors (Lipinski definition) is 1. The number of nitrogens with one attached hydrogen (secondary N) is 1. The van der Waals surface area contributed by atoms with Crippen LogP contribution in [-0.4, -0.2) is 19.8 Å². The van der Waals surface area contributed by atoms with Gasteiger partial charge in [0.15, 0.2) is 11.5 Å². The van der Waals surface area contributed by atoms with Crippen LogP contribution >= 0.6 is 11.6 Å². The standard InChI is InChI=1S/C17H22ClNO2/c18-15-10-14(11-16-17(15)21-9-3-8-20-16)12-19-7-6-13-4-1-2-5-13/h4,10-11,19H,1-3,5-9,12H2. The molecule has 0 saturated heterocycles. The lowest BCUT2D eigenvalue weighted by molar-refractivity contribution is 0.297. The van der Waals surface area contributed by atoms with Gasteiger partial charge in [0.25, 0.3) is 0 Å². The summed E-state index contributed by atoms with van der Waals surface area (Å²) in [6.07, 6.45) is 8.29. The van der Waals surface area contributed by atoms with E-state index < -0.39 is 0 Å². The normalized spacial score (nSPS) is 17.5. The molecule has 3 rings (SSSR count). The Morgan fingerprint density at radius 3 is 2.90 bits per heavy atom. The Bertz CT molecular complexity index is 528. The van der Waals surface area contributed by atoms with Crippen molar-refractivity contribution in [3.63, 3.8) is 0 Å². The summed E-state index contributed by atoms with van der Waals surface area (Å²) in [4.78, 5) is 0. The summed E-state index contributed by atoms with van der Waals surface area (Å²) in [5.74, 6) is 1.46. The van der Waals surface area contributed by atoms with E-state index in [1.807, 2.05) is 12.1 Å². The minimum atomic E-state index is 0.643. The summed E-state index contributed by atoms with van der Waals surface area (Å²) in [5.41, 5.74) is 2.74. The summed E-state index contributed by atoms with van der Waals surface area (Å²) < 4.78 is 11.4. The van der Waals surface area contributed by atoms with Crippen molar-refractivity contribution in [2.45, 2.75) is 38.6 Å². The molecule has 21 heavy (non-hydrogen) atoms. The third kappa shape index (κ3) is 3.92. The highest BCUT2D eigenvalue weighted by Crippen LogP contribution is 2.37. The van der Waals surface area contributed by atoms with Gasteiger partial charge in [-0.25, -0.2) is 0 Å². The van der Waals surface area contributed by atoms with E-state index in [2.05, 4.69) is 11.4 Å². The predicted octanol–water partition coefficient (Wildman–Crippen LogP) is 4.09. The first kappa shape index (κ1) is 14.7. The van der Waals surface area contributed by atoms with Crippen LogP contribution in [0.25, 0.3) is 0 Å². The van der Waals surface area contributed by atoms with Crippen molar-refractivity contribution in [3.05, 3.63) is 34.4 Å². The summed E-state index contributed by atoms with van der Waals surface area (Å²) in [6, 6.07) is 4.01. The number of rotatable bonds is 5. The lowest BCUT2D eigenvalue weighted by atomic mass is 10.1. The Hall–Kier alpha value is -1.19. The minimum absolute atomic E-state index is 0.643. The van der Waals surface area contributed by atoms with Crippen LogP contribution in [-0.2, 0) is 6.54 Å². The minimum Gasteiger partial charge on any atom is -0.489 e. The first-order valence-corrected chi connectivity index (χ1v) is 8.17. The molecule has 0 bridgehead atoms. The van der Waals surface area contributed by atoms with E-state index in [0.717, 1.165) is 37.2 Å². The molecule has 1 heterocycles. The predicted molar refractivity (Wildman–Crippen MR) is 85.3 cm³/mol. The fourth-order valence-electron chi connectivity index (χ4n) is 2.83. The van der Waals surface area contributed by atoms with E-state index in [1.165, 1.54) is 19.3 Å². The van der Waals surface area contributed by atoms with Crippen molar-refractivity contribution < 1.29 is 9.47 Å². The Balaban J connectivity index is 1.55. The molecule has 0 atom stereocenters. The molecule has 1 aromatic carbocycles. The van der Waals surface area contributed by atoms with Gasteiger partial charge in [0.1, 0.15) is 0 Å². The second-order valence-corrected chi connectivity index (χ2v) is 6.04. The number of hydrogen-bond acceptors (Lipinski definition) is 3. The molecule has 1 N–H and O–H groups in total. The van der Waals surface area contributed by atoms with Crippen LogP contribution in [0.1, 0.15) is 37.7 Å². The molecule has 0 fully saturated rings. The smallest absolute Gasteiger partial charge is 0.179 e. The van der Waals surface area contributed by atoms with Gasteiger partial charge in [0.05, 0.1) is 18.2 Å². The molecule has 0 saturated carbocycles. The molecule has 0 spiro atoms. The Labute approximate surface area is 131 Å². The SMILES string of the molecule is Clc1cc(CNCCC2=CCCC2)cc2c1OCCCO2. The van der Waals surface area contributed by atoms with Crippen LogP contribution in [0, 0.1) is 0 Å². The highest BCUT2D eigenvalue weighted by Gasteiger charge is 2.15. The number of fused-ring (bicyclic) bond motifs is 1. The summed E-state index contributed by atoms with van der Waals surface area (Å²) in [7, 11) is 0. The zero-order valence-corrected chi connectivity index (χ0v) is 13.0. The molecule has 114 valence electrons. The maximum absolute atomic E-state index is 6.29. The van der Waals surface area contributed by atoms with Crippen LogP contribution in [0.2, 0.25) is 5.02 Å². The second kappa shape index (κ2) is 7.19. The first-order valence-electron chi connectivity index (χ1n) is 7.79. The fourth-order valence-corrected chi connectivity index (χ4v) is 3.12. The van der Waals surface area contributed by atoms with E-state index in [4.69, 9.17) is 21.1 Å². The fraction of sp³-hybridized carbons (Fsp3) is 0.529. The van der Waals surface area contributed by atoms with Gasteiger partial charge in [0, 0.05) is 13.0 Å². The number of halogens is 1. The molecule has 0 amide bonds. The van der Waals surface area contributed by atoms with Crippen LogP contribution < -0.4 is 14.8 Å². The van der Waals surface area contributed by atoms with Crippen molar-refractivity contribution in [3.8, 4) is 11.5 Å². The maximum Gasteiger partial charge on any atom is 0.179 e. The molecule has 0 unspecified atom stereocenters. The largest absolute Gasteiger partial charge is 0.489 e. The van der Waals surface area contributed by atoms with Gasteiger partial charge in [-0.15, -0.1) is 0 Å². The average molecular weight is 308 g/mol. The molecule has 3 nitrogen and oxygen atoms in total. The van der Waals surface area contributed by atoms with Crippen molar-refractivity contribution >= 4 is 11.6 Å². The van der Waals surface area contributed by atoms with Crippen molar-refractivity contribution in [2.24, 2.45) is 0 Å². The van der Waals surface area contributed by atoms with E-state index in [-0.39, 0.29) is 0 Å². The van der Waals surface area contributed by atoms with E-state index in [1.54, 1.807) is 5.57 Å². The topological polar surface area (TPSA) is 30.5 Å². The Kier molecular flexibility index (Phi) is 5.04. The van der Waals surface area contributed by atoms with Gasteiger partial charge in [-0.2, -0.15) is 0 Å². The number of allylic oxidation sites excluding steroid dienone is 1. The van der Waals surface area contributed by atoms with Gasteiger partial charge < -0.3 is 14.8 Å². The molecule has 1 aliphatic heterocycles. The summed E-state index contributed by atoms with van der Waals surface area (Å²) in [6.45, 7) is 3.18. The molecular formula is C17H22ClNO2. The second-order valence-electron chi connectivity index (χ2n) is 5.64. The molecule has 2 aliphatic rings. The maximum atomic E-state index is 6.29. The zero-order valence-electron chi connectivity index (χ0n) is 12.3. The van der Waals surface area contributed by atoms with Crippen LogP contribution in [0.3, 0.4) is 0 Å². The lowest BCUT2D eigenvalue weighted by Crippen LogP contribution is -2.15. The van der Waals surface area contributed by atoms with E-state index in [0.29, 0.717) is 24.0 Å². The molecule has 4 heteroatoms. The highest BCUT2D eigenvalue weighted by atomic mass is 35.5. The molecular weight excluding hydrogens is 286 g/mol. The lowest BCUT2D eigenvalue weighted by Gasteiger charge is -2.12.